The third-order valence-electron chi connectivity index (χ3n) is 3.76. The first kappa shape index (κ1) is 14.9. The summed E-state index contributed by atoms with van der Waals surface area (Å²) in [5, 5.41) is 4.23. The third-order valence-corrected chi connectivity index (χ3v) is 4.06. The van der Waals surface area contributed by atoms with Gasteiger partial charge in [-0.15, -0.1) is 0 Å². The maximum atomic E-state index is 6.41. The standard InChI is InChI=1S/C16H19ClN4O/c1-22-16-19-10-12(11-20-16)9-18-14-6-4-5-13(17)15(14)21-7-2-3-8-21/h4-6,10-11,18H,2-3,7-9H2,1H3. The van der Waals surface area contributed by atoms with Crippen LogP contribution in [0.1, 0.15) is 18.4 Å². The van der Waals surface area contributed by atoms with Crippen molar-refractivity contribution in [2.24, 2.45) is 0 Å². The highest BCUT2D eigenvalue weighted by molar-refractivity contribution is 6.34. The van der Waals surface area contributed by atoms with Gasteiger partial charge in [-0.25, -0.2) is 9.97 Å². The molecule has 1 aliphatic rings. The molecule has 3 rings (SSSR count). The molecular formula is C16H19ClN4O. The molecule has 2 aromatic rings. The fourth-order valence-corrected chi connectivity index (χ4v) is 2.95. The van der Waals surface area contributed by atoms with Gasteiger partial charge >= 0.3 is 6.01 Å². The molecule has 5 nitrogen and oxygen atoms in total. The summed E-state index contributed by atoms with van der Waals surface area (Å²) in [6.07, 6.45) is 5.96. The van der Waals surface area contributed by atoms with E-state index in [1.165, 1.54) is 12.8 Å². The van der Waals surface area contributed by atoms with E-state index < -0.39 is 0 Å². The van der Waals surface area contributed by atoms with Crippen molar-refractivity contribution in [1.29, 1.82) is 0 Å². The van der Waals surface area contributed by atoms with Crippen molar-refractivity contribution in [2.45, 2.75) is 19.4 Å². The van der Waals surface area contributed by atoms with Gasteiger partial charge in [0.05, 0.1) is 23.5 Å². The molecular weight excluding hydrogens is 300 g/mol. The largest absolute Gasteiger partial charge is 0.467 e. The zero-order valence-electron chi connectivity index (χ0n) is 12.6. The van der Waals surface area contributed by atoms with Gasteiger partial charge in [0.15, 0.2) is 0 Å². The minimum absolute atomic E-state index is 0.379. The fourth-order valence-electron chi connectivity index (χ4n) is 2.66. The van der Waals surface area contributed by atoms with Crippen LogP contribution < -0.4 is 15.0 Å². The first-order valence-corrected chi connectivity index (χ1v) is 7.78. The van der Waals surface area contributed by atoms with Crippen molar-refractivity contribution >= 4 is 23.0 Å². The van der Waals surface area contributed by atoms with E-state index in [4.69, 9.17) is 16.3 Å². The minimum atomic E-state index is 0.379. The first-order valence-electron chi connectivity index (χ1n) is 7.40. The van der Waals surface area contributed by atoms with Crippen LogP contribution in [0.3, 0.4) is 0 Å². The van der Waals surface area contributed by atoms with Crippen molar-refractivity contribution in [1.82, 2.24) is 9.97 Å². The lowest BCUT2D eigenvalue weighted by Crippen LogP contribution is -2.19. The predicted octanol–water partition coefficient (Wildman–Crippen LogP) is 3.35. The van der Waals surface area contributed by atoms with Crippen molar-refractivity contribution in [3.63, 3.8) is 0 Å². The number of ether oxygens (including phenoxy) is 1. The molecule has 1 aliphatic heterocycles. The van der Waals surface area contributed by atoms with Crippen LogP contribution in [0.25, 0.3) is 0 Å². The average molecular weight is 319 g/mol. The highest BCUT2D eigenvalue weighted by Gasteiger charge is 2.18. The molecule has 6 heteroatoms. The highest BCUT2D eigenvalue weighted by atomic mass is 35.5. The highest BCUT2D eigenvalue weighted by Crippen LogP contribution is 2.36. The minimum Gasteiger partial charge on any atom is -0.467 e. The number of halogens is 1. The van der Waals surface area contributed by atoms with Gasteiger partial charge in [0, 0.05) is 37.6 Å². The average Bonchev–Trinajstić information content (AvgIpc) is 3.07. The molecule has 0 atom stereocenters. The Bertz CT molecular complexity index is 627. The van der Waals surface area contributed by atoms with E-state index >= 15 is 0 Å². The molecule has 0 spiro atoms. The Kier molecular flexibility index (Phi) is 4.63. The van der Waals surface area contributed by atoms with Crippen LogP contribution in [0.15, 0.2) is 30.6 Å². The summed E-state index contributed by atoms with van der Waals surface area (Å²) in [6, 6.07) is 6.35. The van der Waals surface area contributed by atoms with E-state index in [-0.39, 0.29) is 0 Å². The number of nitrogens with zero attached hydrogens (tertiary/aromatic N) is 3. The maximum absolute atomic E-state index is 6.41. The van der Waals surface area contributed by atoms with Crippen LogP contribution in [0.4, 0.5) is 11.4 Å². The van der Waals surface area contributed by atoms with Crippen LogP contribution in [-0.2, 0) is 6.54 Å². The molecule has 0 unspecified atom stereocenters. The molecule has 1 aromatic carbocycles. The van der Waals surface area contributed by atoms with Gasteiger partial charge in [-0.2, -0.15) is 0 Å². The Morgan fingerprint density at radius 3 is 2.64 bits per heavy atom. The lowest BCUT2D eigenvalue weighted by Gasteiger charge is -2.23. The first-order chi connectivity index (χ1) is 10.8. The Hall–Kier alpha value is -2.01. The summed E-state index contributed by atoms with van der Waals surface area (Å²) in [5.41, 5.74) is 3.13. The quantitative estimate of drug-likeness (QED) is 0.916. The number of methoxy groups -OCH3 is 1. The Labute approximate surface area is 135 Å². The Morgan fingerprint density at radius 2 is 1.95 bits per heavy atom. The number of rotatable bonds is 5. The summed E-state index contributed by atoms with van der Waals surface area (Å²) >= 11 is 6.41. The number of aromatic nitrogens is 2. The van der Waals surface area contributed by atoms with E-state index in [2.05, 4.69) is 26.3 Å². The molecule has 2 heterocycles. The topological polar surface area (TPSA) is 50.3 Å². The predicted molar refractivity (Wildman–Crippen MR) is 88.8 cm³/mol. The number of anilines is 2. The zero-order chi connectivity index (χ0) is 15.4. The number of para-hydroxylation sites is 1. The lowest BCUT2D eigenvalue weighted by atomic mass is 10.2. The van der Waals surface area contributed by atoms with Crippen LogP contribution in [0, 0.1) is 0 Å². The normalized spacial score (nSPS) is 14.2. The number of hydrogen-bond donors (Lipinski definition) is 1. The smallest absolute Gasteiger partial charge is 0.316 e. The second-order valence-corrected chi connectivity index (χ2v) is 5.67. The summed E-state index contributed by atoms with van der Waals surface area (Å²) in [6.45, 7) is 2.76. The third kappa shape index (κ3) is 3.25. The fraction of sp³-hybridized carbons (Fsp3) is 0.375. The van der Waals surface area contributed by atoms with Gasteiger partial charge in [0.25, 0.3) is 0 Å². The molecule has 0 amide bonds. The van der Waals surface area contributed by atoms with Gasteiger partial charge in [0.2, 0.25) is 0 Å². The van der Waals surface area contributed by atoms with Gasteiger partial charge < -0.3 is 15.0 Å². The van der Waals surface area contributed by atoms with E-state index in [1.807, 2.05) is 12.1 Å². The molecule has 22 heavy (non-hydrogen) atoms. The van der Waals surface area contributed by atoms with Crippen molar-refractivity contribution in [3.05, 3.63) is 41.2 Å². The number of nitrogens with one attached hydrogen (secondary N) is 1. The van der Waals surface area contributed by atoms with Crippen LogP contribution in [0.2, 0.25) is 5.02 Å². The van der Waals surface area contributed by atoms with E-state index in [0.717, 1.165) is 35.1 Å². The number of hydrogen-bond acceptors (Lipinski definition) is 5. The van der Waals surface area contributed by atoms with Crippen LogP contribution in [-0.4, -0.2) is 30.2 Å². The molecule has 1 aromatic heterocycles. The van der Waals surface area contributed by atoms with Gasteiger partial charge in [-0.05, 0) is 25.0 Å². The summed E-state index contributed by atoms with van der Waals surface area (Å²) in [4.78, 5) is 10.6. The molecule has 1 N–H and O–H groups in total. The maximum Gasteiger partial charge on any atom is 0.316 e. The number of benzene rings is 1. The zero-order valence-corrected chi connectivity index (χ0v) is 13.3. The molecule has 1 fully saturated rings. The van der Waals surface area contributed by atoms with Gasteiger partial charge in [0.1, 0.15) is 0 Å². The Morgan fingerprint density at radius 1 is 1.23 bits per heavy atom. The van der Waals surface area contributed by atoms with Gasteiger partial charge in [-0.3, -0.25) is 0 Å². The molecule has 0 aliphatic carbocycles. The lowest BCUT2D eigenvalue weighted by molar-refractivity contribution is 0.379. The van der Waals surface area contributed by atoms with Crippen molar-refractivity contribution < 1.29 is 4.74 Å². The van der Waals surface area contributed by atoms with Crippen LogP contribution >= 0.6 is 11.6 Å². The molecule has 1 saturated heterocycles. The summed E-state index contributed by atoms with van der Waals surface area (Å²) < 4.78 is 4.97. The molecule has 0 radical (unpaired) electrons. The van der Waals surface area contributed by atoms with E-state index in [1.54, 1.807) is 19.5 Å². The molecule has 116 valence electrons. The van der Waals surface area contributed by atoms with E-state index in [9.17, 15) is 0 Å². The van der Waals surface area contributed by atoms with E-state index in [0.29, 0.717) is 12.6 Å². The van der Waals surface area contributed by atoms with Crippen molar-refractivity contribution in [2.75, 3.05) is 30.4 Å². The van der Waals surface area contributed by atoms with Crippen LogP contribution in [0.5, 0.6) is 6.01 Å². The SMILES string of the molecule is COc1ncc(CNc2cccc(Cl)c2N2CCCC2)cn1. The van der Waals surface area contributed by atoms with Gasteiger partial charge in [-0.1, -0.05) is 17.7 Å². The molecule has 0 bridgehead atoms. The van der Waals surface area contributed by atoms with Crippen molar-refractivity contribution in [3.8, 4) is 6.01 Å². The monoisotopic (exact) mass is 318 g/mol. The summed E-state index contributed by atoms with van der Waals surface area (Å²) in [7, 11) is 1.56. The molecule has 0 saturated carbocycles. The Balaban J connectivity index is 1.75. The summed E-state index contributed by atoms with van der Waals surface area (Å²) in [5.74, 6) is 0. The second-order valence-electron chi connectivity index (χ2n) is 5.26. The second kappa shape index (κ2) is 6.83.